The van der Waals surface area contributed by atoms with Crippen LogP contribution in [-0.4, -0.2) is 0 Å². The van der Waals surface area contributed by atoms with E-state index in [-0.39, 0.29) is 0 Å². The van der Waals surface area contributed by atoms with Crippen molar-refractivity contribution >= 4 is 82.1 Å². The Morgan fingerprint density at radius 1 is 0.333 bits per heavy atom. The summed E-state index contributed by atoms with van der Waals surface area (Å²) < 4.78 is 6.20. The van der Waals surface area contributed by atoms with Crippen LogP contribution in [-0.2, 0) is 0 Å². The monoisotopic (exact) mass is 535 g/mol. The third-order valence-electron chi connectivity index (χ3n) is 8.63. The summed E-state index contributed by atoms with van der Waals surface area (Å²) in [5.74, 6) is 0. The van der Waals surface area contributed by atoms with Gasteiger partial charge in [0.1, 0.15) is 11.2 Å². The topological polar surface area (TPSA) is 16.4 Å². The van der Waals surface area contributed by atoms with Crippen LogP contribution in [0.3, 0.4) is 0 Å². The molecule has 9 rings (SSSR count). The summed E-state index contributed by atoms with van der Waals surface area (Å²) in [5, 5.41) is 12.2. The lowest BCUT2D eigenvalue weighted by molar-refractivity contribution is 0.669. The zero-order valence-corrected chi connectivity index (χ0v) is 22.8. The summed E-state index contributed by atoms with van der Waals surface area (Å²) >= 11 is 0. The van der Waals surface area contributed by atoms with Crippen molar-refractivity contribution in [2.75, 3.05) is 4.90 Å². The molecule has 0 N–H and O–H groups in total. The maximum atomic E-state index is 6.20. The first-order valence-electron chi connectivity index (χ1n) is 14.4. The van der Waals surface area contributed by atoms with Crippen LogP contribution in [0.5, 0.6) is 0 Å². The van der Waals surface area contributed by atoms with E-state index in [4.69, 9.17) is 4.42 Å². The Morgan fingerprint density at radius 3 is 1.76 bits per heavy atom. The van der Waals surface area contributed by atoms with E-state index in [0.717, 1.165) is 39.0 Å². The average Bonchev–Trinajstić information content (AvgIpc) is 3.43. The summed E-state index contributed by atoms with van der Waals surface area (Å²) in [7, 11) is 0. The Balaban J connectivity index is 1.37. The SMILES string of the molecule is c1ccc2c(N(c3ccc4oc5ccccc5c4c3)c3cccc4c3ccc3c5ccccc5ccc43)cccc2c1. The number of furan rings is 1. The molecule has 0 saturated carbocycles. The number of benzene rings is 8. The molecule has 0 aliphatic carbocycles. The lowest BCUT2D eigenvalue weighted by atomic mass is 9.95. The van der Waals surface area contributed by atoms with E-state index in [1.165, 1.54) is 43.1 Å². The van der Waals surface area contributed by atoms with Crippen LogP contribution in [0.2, 0.25) is 0 Å². The Bertz CT molecular complexity index is 2480. The van der Waals surface area contributed by atoms with E-state index in [9.17, 15) is 0 Å². The molecule has 2 heteroatoms. The van der Waals surface area contributed by atoms with Crippen molar-refractivity contribution in [2.24, 2.45) is 0 Å². The number of hydrogen-bond donors (Lipinski definition) is 0. The largest absolute Gasteiger partial charge is 0.456 e. The fraction of sp³-hybridized carbons (Fsp3) is 0. The summed E-state index contributed by atoms with van der Waals surface area (Å²) in [6, 6.07) is 54.5. The Kier molecular flexibility index (Phi) is 4.93. The van der Waals surface area contributed by atoms with E-state index in [0.29, 0.717) is 0 Å². The summed E-state index contributed by atoms with van der Waals surface area (Å²) in [5.41, 5.74) is 5.19. The van der Waals surface area contributed by atoms with Gasteiger partial charge >= 0.3 is 0 Å². The van der Waals surface area contributed by atoms with Gasteiger partial charge in [-0.25, -0.2) is 0 Å². The van der Waals surface area contributed by atoms with Crippen molar-refractivity contribution in [2.45, 2.75) is 0 Å². The lowest BCUT2D eigenvalue weighted by Gasteiger charge is -2.28. The molecule has 0 aliphatic rings. The average molecular weight is 536 g/mol. The van der Waals surface area contributed by atoms with Crippen molar-refractivity contribution in [1.82, 2.24) is 0 Å². The molecule has 1 aromatic heterocycles. The minimum absolute atomic E-state index is 0.897. The molecule has 0 unspecified atom stereocenters. The van der Waals surface area contributed by atoms with Gasteiger partial charge in [-0.3, -0.25) is 0 Å². The Hall–Kier alpha value is -5.60. The first-order chi connectivity index (χ1) is 20.8. The van der Waals surface area contributed by atoms with Gasteiger partial charge in [-0.05, 0) is 68.7 Å². The molecule has 0 radical (unpaired) electrons. The van der Waals surface area contributed by atoms with E-state index >= 15 is 0 Å². The molecular formula is C40H25NO. The minimum Gasteiger partial charge on any atom is -0.456 e. The fourth-order valence-electron chi connectivity index (χ4n) is 6.70. The molecule has 0 atom stereocenters. The third kappa shape index (κ3) is 3.39. The molecule has 42 heavy (non-hydrogen) atoms. The van der Waals surface area contributed by atoms with Gasteiger partial charge < -0.3 is 9.32 Å². The fourth-order valence-corrected chi connectivity index (χ4v) is 6.70. The molecule has 0 aliphatic heterocycles. The molecule has 1 heterocycles. The van der Waals surface area contributed by atoms with Crippen LogP contribution in [0.25, 0.3) is 65.0 Å². The van der Waals surface area contributed by atoms with Crippen LogP contribution in [0.4, 0.5) is 17.1 Å². The summed E-state index contributed by atoms with van der Waals surface area (Å²) in [6.07, 6.45) is 0. The number of anilines is 3. The zero-order valence-electron chi connectivity index (χ0n) is 22.8. The van der Waals surface area contributed by atoms with Crippen LogP contribution in [0.15, 0.2) is 156 Å². The van der Waals surface area contributed by atoms with Gasteiger partial charge in [0.15, 0.2) is 0 Å². The number of hydrogen-bond acceptors (Lipinski definition) is 2. The molecule has 9 aromatic rings. The van der Waals surface area contributed by atoms with Crippen LogP contribution in [0.1, 0.15) is 0 Å². The predicted molar refractivity (Wildman–Crippen MR) is 178 cm³/mol. The lowest BCUT2D eigenvalue weighted by Crippen LogP contribution is -2.11. The molecule has 0 amide bonds. The molecule has 2 nitrogen and oxygen atoms in total. The Labute approximate surface area is 242 Å². The van der Waals surface area contributed by atoms with Crippen LogP contribution >= 0.6 is 0 Å². The normalized spacial score (nSPS) is 11.8. The highest BCUT2D eigenvalue weighted by molar-refractivity contribution is 6.20. The first-order valence-corrected chi connectivity index (χ1v) is 14.4. The van der Waals surface area contributed by atoms with Crippen molar-refractivity contribution in [3.8, 4) is 0 Å². The van der Waals surface area contributed by atoms with Gasteiger partial charge in [0, 0.05) is 27.2 Å². The van der Waals surface area contributed by atoms with Crippen molar-refractivity contribution < 1.29 is 4.42 Å². The number of para-hydroxylation sites is 1. The first kappa shape index (κ1) is 23.1. The van der Waals surface area contributed by atoms with E-state index in [2.05, 4.69) is 144 Å². The van der Waals surface area contributed by atoms with E-state index in [1.54, 1.807) is 0 Å². The van der Waals surface area contributed by atoms with E-state index < -0.39 is 0 Å². The second-order valence-corrected chi connectivity index (χ2v) is 10.9. The highest BCUT2D eigenvalue weighted by Gasteiger charge is 2.20. The maximum absolute atomic E-state index is 6.20. The highest BCUT2D eigenvalue weighted by atomic mass is 16.3. The second kappa shape index (κ2) is 8.95. The van der Waals surface area contributed by atoms with Crippen LogP contribution in [0, 0.1) is 0 Å². The van der Waals surface area contributed by atoms with Gasteiger partial charge in [-0.1, -0.05) is 115 Å². The quantitative estimate of drug-likeness (QED) is 0.209. The maximum Gasteiger partial charge on any atom is 0.135 e. The molecule has 0 bridgehead atoms. The van der Waals surface area contributed by atoms with E-state index in [1.807, 2.05) is 12.1 Å². The number of rotatable bonds is 3. The molecule has 196 valence electrons. The minimum atomic E-state index is 0.897. The van der Waals surface area contributed by atoms with Gasteiger partial charge in [0.25, 0.3) is 0 Å². The van der Waals surface area contributed by atoms with Gasteiger partial charge in [-0.15, -0.1) is 0 Å². The Morgan fingerprint density at radius 2 is 0.881 bits per heavy atom. The van der Waals surface area contributed by atoms with Crippen molar-refractivity contribution in [3.05, 3.63) is 152 Å². The number of nitrogens with zero attached hydrogens (tertiary/aromatic N) is 1. The second-order valence-electron chi connectivity index (χ2n) is 10.9. The molecular weight excluding hydrogens is 510 g/mol. The molecule has 0 fully saturated rings. The zero-order chi connectivity index (χ0) is 27.6. The van der Waals surface area contributed by atoms with Crippen molar-refractivity contribution in [1.29, 1.82) is 0 Å². The summed E-state index contributed by atoms with van der Waals surface area (Å²) in [6.45, 7) is 0. The number of fused-ring (bicyclic) bond motifs is 9. The predicted octanol–water partition coefficient (Wildman–Crippen LogP) is 11.7. The molecule has 0 saturated heterocycles. The molecule has 8 aromatic carbocycles. The van der Waals surface area contributed by atoms with Crippen LogP contribution < -0.4 is 4.90 Å². The van der Waals surface area contributed by atoms with Gasteiger partial charge in [-0.2, -0.15) is 0 Å². The van der Waals surface area contributed by atoms with Gasteiger partial charge in [0.05, 0.1) is 11.4 Å². The third-order valence-corrected chi connectivity index (χ3v) is 8.63. The highest BCUT2D eigenvalue weighted by Crippen LogP contribution is 2.45. The molecule has 0 spiro atoms. The standard InChI is InChI=1S/C40H25NO/c1-3-12-29-27(10-1)19-21-33-31-15-8-17-38(34(31)23-22-32(29)33)41(37-16-7-11-26-9-2-4-13-30(26)37)28-20-24-40-36(25-28)35-14-5-6-18-39(35)42-40/h1-25H. The van der Waals surface area contributed by atoms with Gasteiger partial charge in [0.2, 0.25) is 0 Å². The summed E-state index contributed by atoms with van der Waals surface area (Å²) in [4.78, 5) is 2.42. The van der Waals surface area contributed by atoms with Crippen molar-refractivity contribution in [3.63, 3.8) is 0 Å². The smallest absolute Gasteiger partial charge is 0.135 e.